The Morgan fingerprint density at radius 2 is 1.74 bits per heavy atom. The molecule has 6 nitrogen and oxygen atoms in total. The zero-order chi connectivity index (χ0) is 23.6. The molecule has 1 aliphatic rings. The lowest BCUT2D eigenvalue weighted by Crippen LogP contribution is -2.37. The van der Waals surface area contributed by atoms with Crippen LogP contribution in [0, 0.1) is 6.92 Å². The number of benzene rings is 2. The van der Waals surface area contributed by atoms with E-state index in [1.54, 1.807) is 11.8 Å². The molecule has 0 unspecified atom stereocenters. The van der Waals surface area contributed by atoms with Gasteiger partial charge in [-0.25, -0.2) is 0 Å². The van der Waals surface area contributed by atoms with Crippen LogP contribution in [0.15, 0.2) is 59.8 Å². The van der Waals surface area contributed by atoms with Crippen molar-refractivity contribution in [3.63, 3.8) is 0 Å². The molecule has 34 heavy (non-hydrogen) atoms. The Hall–Kier alpha value is -2.64. The molecular weight excluding hydrogens is 442 g/mol. The lowest BCUT2D eigenvalue weighted by molar-refractivity contribution is -0.121. The smallest absolute Gasteiger partial charge is 0.220 e. The third kappa shape index (κ3) is 6.93. The van der Waals surface area contributed by atoms with E-state index in [-0.39, 0.29) is 5.91 Å². The Kier molecular flexibility index (Phi) is 9.16. The van der Waals surface area contributed by atoms with Crippen molar-refractivity contribution >= 4 is 17.7 Å². The summed E-state index contributed by atoms with van der Waals surface area (Å²) in [5, 5.41) is 13.0. The number of hydrogen-bond donors (Lipinski definition) is 1. The number of amides is 1. The summed E-state index contributed by atoms with van der Waals surface area (Å²) >= 11 is 1.70. The summed E-state index contributed by atoms with van der Waals surface area (Å²) in [7, 11) is 0. The van der Waals surface area contributed by atoms with E-state index in [0.717, 1.165) is 53.9 Å². The van der Waals surface area contributed by atoms with Crippen molar-refractivity contribution in [2.24, 2.45) is 0 Å². The van der Waals surface area contributed by atoms with Crippen LogP contribution in [0.3, 0.4) is 0 Å². The number of carbonyl (C=O) groups excluding carboxylic acids is 1. The molecule has 0 bridgehead atoms. The molecule has 1 fully saturated rings. The summed E-state index contributed by atoms with van der Waals surface area (Å²) in [6.07, 6.45) is 6.35. The third-order valence-electron chi connectivity index (χ3n) is 6.19. The molecule has 2 aromatic carbocycles. The first-order chi connectivity index (χ1) is 16.7. The number of likely N-dealkylation sites (tertiary alicyclic amines) is 1. The number of thioether (sulfide) groups is 1. The topological polar surface area (TPSA) is 63.1 Å². The second-order valence-electron chi connectivity index (χ2n) is 8.90. The van der Waals surface area contributed by atoms with E-state index in [0.29, 0.717) is 6.42 Å². The van der Waals surface area contributed by atoms with E-state index in [9.17, 15) is 4.79 Å². The maximum Gasteiger partial charge on any atom is 0.220 e. The first-order valence-electron chi connectivity index (χ1n) is 12.4. The van der Waals surface area contributed by atoms with Gasteiger partial charge in [0.05, 0.1) is 0 Å². The van der Waals surface area contributed by atoms with Gasteiger partial charge in [-0.2, -0.15) is 0 Å². The molecule has 7 heteroatoms. The quantitative estimate of drug-likeness (QED) is 0.307. The lowest BCUT2D eigenvalue weighted by atomic mass is 10.1. The van der Waals surface area contributed by atoms with Gasteiger partial charge in [-0.05, 0) is 57.8 Å². The largest absolute Gasteiger partial charge is 0.355 e. The van der Waals surface area contributed by atoms with E-state index in [4.69, 9.17) is 0 Å². The van der Waals surface area contributed by atoms with Crippen molar-refractivity contribution in [1.82, 2.24) is 25.0 Å². The summed E-state index contributed by atoms with van der Waals surface area (Å²) in [5.74, 6) is 1.91. The summed E-state index contributed by atoms with van der Waals surface area (Å²) in [4.78, 5) is 14.6. The molecule has 1 aliphatic heterocycles. The monoisotopic (exact) mass is 477 g/mol. The highest BCUT2D eigenvalue weighted by atomic mass is 32.2. The standard InChI is InChI=1S/C27H35N5OS/c1-22-13-15-24(16-14-22)32-26(23-10-4-2-5-11-23)29-30-27(32)34-21-9-6-12-25(33)28-17-20-31-18-7-3-8-19-31/h2,4-5,10-11,13-16H,3,6-9,12,17-21H2,1H3,(H,28,33). The number of nitrogens with zero attached hydrogens (tertiary/aromatic N) is 4. The van der Waals surface area contributed by atoms with E-state index in [1.807, 2.05) is 18.2 Å². The highest BCUT2D eigenvalue weighted by molar-refractivity contribution is 7.99. The highest BCUT2D eigenvalue weighted by Crippen LogP contribution is 2.28. The summed E-state index contributed by atoms with van der Waals surface area (Å²) in [5.41, 5.74) is 3.33. The van der Waals surface area contributed by atoms with Crippen LogP contribution in [0.4, 0.5) is 0 Å². The van der Waals surface area contributed by atoms with Crippen molar-refractivity contribution in [1.29, 1.82) is 0 Å². The number of piperidine rings is 1. The number of hydrogen-bond acceptors (Lipinski definition) is 5. The molecule has 0 aliphatic carbocycles. The van der Waals surface area contributed by atoms with Crippen LogP contribution in [-0.2, 0) is 4.79 Å². The summed E-state index contributed by atoms with van der Waals surface area (Å²) in [6, 6.07) is 18.6. The van der Waals surface area contributed by atoms with Crippen molar-refractivity contribution in [2.75, 3.05) is 31.9 Å². The average molecular weight is 478 g/mol. The first-order valence-corrected chi connectivity index (χ1v) is 13.4. The molecule has 1 saturated heterocycles. The minimum absolute atomic E-state index is 0.163. The van der Waals surface area contributed by atoms with Crippen LogP contribution in [0.1, 0.15) is 44.1 Å². The molecular formula is C27H35N5OS. The van der Waals surface area contributed by atoms with Crippen LogP contribution >= 0.6 is 11.8 Å². The maximum atomic E-state index is 12.2. The predicted molar refractivity (Wildman–Crippen MR) is 139 cm³/mol. The van der Waals surface area contributed by atoms with E-state index < -0.39 is 0 Å². The molecule has 0 saturated carbocycles. The highest BCUT2D eigenvalue weighted by Gasteiger charge is 2.16. The van der Waals surface area contributed by atoms with Crippen LogP contribution < -0.4 is 5.32 Å². The van der Waals surface area contributed by atoms with Gasteiger partial charge in [0.1, 0.15) is 0 Å². The first kappa shape index (κ1) is 24.5. The summed E-state index contributed by atoms with van der Waals surface area (Å²) < 4.78 is 2.13. The second-order valence-corrected chi connectivity index (χ2v) is 9.96. The van der Waals surface area contributed by atoms with Gasteiger partial charge >= 0.3 is 0 Å². The maximum absolute atomic E-state index is 12.2. The fourth-order valence-electron chi connectivity index (χ4n) is 4.24. The molecule has 1 aromatic heterocycles. The fraction of sp³-hybridized carbons (Fsp3) is 0.444. The Balaban J connectivity index is 1.27. The zero-order valence-electron chi connectivity index (χ0n) is 20.1. The van der Waals surface area contributed by atoms with Crippen LogP contribution in [-0.4, -0.2) is 57.5 Å². The fourth-order valence-corrected chi connectivity index (χ4v) is 5.19. The molecule has 2 heterocycles. The van der Waals surface area contributed by atoms with Gasteiger partial charge < -0.3 is 10.2 Å². The number of aryl methyl sites for hydroxylation is 1. The van der Waals surface area contributed by atoms with Crippen molar-refractivity contribution in [3.8, 4) is 17.1 Å². The Morgan fingerprint density at radius 3 is 2.50 bits per heavy atom. The molecule has 180 valence electrons. The molecule has 0 atom stereocenters. The van der Waals surface area contributed by atoms with Gasteiger partial charge in [-0.1, -0.05) is 66.2 Å². The molecule has 0 spiro atoms. The predicted octanol–water partition coefficient (Wildman–Crippen LogP) is 5.11. The lowest BCUT2D eigenvalue weighted by Gasteiger charge is -2.26. The SMILES string of the molecule is Cc1ccc(-n2c(SCCCCC(=O)NCCN3CCCCC3)nnc2-c2ccccc2)cc1. The molecule has 1 N–H and O–H groups in total. The Labute approximate surface area is 207 Å². The number of aromatic nitrogens is 3. The van der Waals surface area contributed by atoms with Gasteiger partial charge in [-0.3, -0.25) is 9.36 Å². The minimum atomic E-state index is 0.163. The number of carbonyl (C=O) groups is 1. The van der Waals surface area contributed by atoms with Crippen molar-refractivity contribution in [3.05, 3.63) is 60.2 Å². The van der Waals surface area contributed by atoms with Gasteiger partial charge in [0, 0.05) is 36.5 Å². The average Bonchev–Trinajstić information content (AvgIpc) is 3.29. The van der Waals surface area contributed by atoms with E-state index in [1.165, 1.54) is 37.9 Å². The van der Waals surface area contributed by atoms with Gasteiger partial charge in [0.25, 0.3) is 0 Å². The summed E-state index contributed by atoms with van der Waals surface area (Å²) in [6.45, 7) is 6.17. The van der Waals surface area contributed by atoms with Crippen molar-refractivity contribution in [2.45, 2.75) is 50.6 Å². The molecule has 4 rings (SSSR count). The number of nitrogens with one attached hydrogen (secondary N) is 1. The van der Waals surface area contributed by atoms with Crippen LogP contribution in [0.2, 0.25) is 0 Å². The normalized spacial score (nSPS) is 14.3. The van der Waals surface area contributed by atoms with Gasteiger partial charge in [0.2, 0.25) is 5.91 Å². The van der Waals surface area contributed by atoms with Gasteiger partial charge in [-0.15, -0.1) is 10.2 Å². The van der Waals surface area contributed by atoms with Gasteiger partial charge in [0.15, 0.2) is 11.0 Å². The Morgan fingerprint density at radius 1 is 0.971 bits per heavy atom. The number of rotatable bonds is 11. The van der Waals surface area contributed by atoms with Crippen LogP contribution in [0.25, 0.3) is 17.1 Å². The number of unbranched alkanes of at least 4 members (excludes halogenated alkanes) is 1. The molecule has 0 radical (unpaired) electrons. The van der Waals surface area contributed by atoms with E-state index >= 15 is 0 Å². The van der Waals surface area contributed by atoms with Crippen molar-refractivity contribution < 1.29 is 4.79 Å². The molecule has 3 aromatic rings. The zero-order valence-corrected chi connectivity index (χ0v) is 20.9. The Bertz CT molecular complexity index is 1030. The second kappa shape index (κ2) is 12.7. The third-order valence-corrected chi connectivity index (χ3v) is 7.20. The van der Waals surface area contributed by atoms with Crippen LogP contribution in [0.5, 0.6) is 0 Å². The minimum Gasteiger partial charge on any atom is -0.355 e. The van der Waals surface area contributed by atoms with E-state index in [2.05, 4.69) is 68.3 Å². The molecule has 1 amide bonds.